The lowest BCUT2D eigenvalue weighted by Crippen LogP contribution is -2.58. The normalized spacial score (nSPS) is 35.0. The van der Waals surface area contributed by atoms with Crippen LogP contribution in [0.1, 0.15) is 29.5 Å². The van der Waals surface area contributed by atoms with Crippen molar-refractivity contribution in [3.05, 3.63) is 52.5 Å². The number of rotatable bonds is 4. The highest BCUT2D eigenvalue weighted by Crippen LogP contribution is 2.48. The van der Waals surface area contributed by atoms with Gasteiger partial charge in [0.05, 0.1) is 31.4 Å². The Morgan fingerprint density at radius 3 is 2.84 bits per heavy atom. The van der Waals surface area contributed by atoms with Gasteiger partial charge in [0, 0.05) is 11.6 Å². The summed E-state index contributed by atoms with van der Waals surface area (Å²) in [7, 11) is 1.94. The number of ether oxygens (including phenoxy) is 1. The number of aromatic nitrogens is 1. The number of likely N-dealkylation sites (N-methyl/N-ethyl adjacent to an activating group) is 1. The van der Waals surface area contributed by atoms with Gasteiger partial charge < -0.3 is 14.9 Å². The molecule has 0 radical (unpaired) electrons. The van der Waals surface area contributed by atoms with E-state index >= 15 is 0 Å². The third-order valence-electron chi connectivity index (χ3n) is 5.64. The van der Waals surface area contributed by atoms with E-state index in [-0.39, 0.29) is 24.7 Å². The van der Waals surface area contributed by atoms with Gasteiger partial charge in [0.15, 0.2) is 0 Å². The van der Waals surface area contributed by atoms with E-state index in [0.717, 1.165) is 17.0 Å². The molecular formula is C19H24N2O3S. The van der Waals surface area contributed by atoms with E-state index in [0.29, 0.717) is 13.0 Å². The van der Waals surface area contributed by atoms with E-state index in [1.165, 1.54) is 0 Å². The number of nitrogens with zero attached hydrogens (tertiary/aromatic N) is 2. The summed E-state index contributed by atoms with van der Waals surface area (Å²) >= 11 is 1.59. The average Bonchev–Trinajstić information content (AvgIpc) is 3.19. The summed E-state index contributed by atoms with van der Waals surface area (Å²) in [6, 6.07) is 9.80. The molecule has 2 N–H and O–H groups in total. The predicted molar refractivity (Wildman–Crippen MR) is 96.2 cm³/mol. The molecule has 1 saturated heterocycles. The van der Waals surface area contributed by atoms with Gasteiger partial charge in [0.1, 0.15) is 10.6 Å². The van der Waals surface area contributed by atoms with Crippen molar-refractivity contribution in [2.75, 3.05) is 13.7 Å². The van der Waals surface area contributed by atoms with Crippen LogP contribution in [0.3, 0.4) is 0 Å². The van der Waals surface area contributed by atoms with E-state index in [4.69, 9.17) is 4.74 Å². The number of fused-ring (bicyclic) bond motifs is 1. The SMILES string of the molecule is CN(Cc1nccs1)[C@H]1[C@H](O)C[C@@H]2C[C@H](c3ccccc3)OC[C@]21O. The van der Waals surface area contributed by atoms with Crippen molar-refractivity contribution in [1.29, 1.82) is 0 Å². The highest BCUT2D eigenvalue weighted by Gasteiger charge is 2.58. The summed E-state index contributed by atoms with van der Waals surface area (Å²) in [5.41, 5.74) is 0.120. The number of benzene rings is 1. The minimum absolute atomic E-state index is 0.0123. The smallest absolute Gasteiger partial charge is 0.109 e. The zero-order chi connectivity index (χ0) is 17.4. The second kappa shape index (κ2) is 6.78. The molecule has 2 heterocycles. The lowest BCUT2D eigenvalue weighted by Gasteiger charge is -2.44. The zero-order valence-corrected chi connectivity index (χ0v) is 15.1. The molecule has 0 unspecified atom stereocenters. The number of aliphatic hydroxyl groups excluding tert-OH is 1. The molecule has 0 spiro atoms. The summed E-state index contributed by atoms with van der Waals surface area (Å²) in [5.74, 6) is 0.0326. The third-order valence-corrected chi connectivity index (χ3v) is 6.40. The number of aliphatic hydroxyl groups is 2. The van der Waals surface area contributed by atoms with Gasteiger partial charge in [0.25, 0.3) is 0 Å². The summed E-state index contributed by atoms with van der Waals surface area (Å²) < 4.78 is 6.04. The minimum atomic E-state index is -1.02. The maximum atomic E-state index is 11.4. The van der Waals surface area contributed by atoms with Crippen LogP contribution in [-0.2, 0) is 11.3 Å². The molecule has 2 aromatic rings. The zero-order valence-electron chi connectivity index (χ0n) is 14.3. The summed E-state index contributed by atoms with van der Waals surface area (Å²) in [5, 5.41) is 25.0. The lowest BCUT2D eigenvalue weighted by molar-refractivity contribution is -0.171. The second-order valence-corrected chi connectivity index (χ2v) is 8.20. The maximum Gasteiger partial charge on any atom is 0.109 e. The molecule has 1 aromatic heterocycles. The standard InChI is InChI=1S/C19H24N2O3S/c1-21(11-17-20-7-8-25-17)18-15(22)9-14-10-16(24-12-19(14,18)23)13-5-3-2-4-6-13/h2-8,14-16,18,22-23H,9-12H2,1H3/t14-,15-,16-,18+,19+/m1/s1. The Kier molecular flexibility index (Phi) is 4.64. The fourth-order valence-electron chi connectivity index (χ4n) is 4.48. The molecule has 5 atom stereocenters. The number of hydrogen-bond donors (Lipinski definition) is 2. The molecule has 2 fully saturated rings. The molecule has 134 valence electrons. The van der Waals surface area contributed by atoms with Crippen LogP contribution in [0.5, 0.6) is 0 Å². The van der Waals surface area contributed by atoms with Gasteiger partial charge in [-0.05, 0) is 31.4 Å². The van der Waals surface area contributed by atoms with Gasteiger partial charge in [-0.3, -0.25) is 4.90 Å². The minimum Gasteiger partial charge on any atom is -0.391 e. The van der Waals surface area contributed by atoms with E-state index in [9.17, 15) is 10.2 Å². The van der Waals surface area contributed by atoms with Crippen molar-refractivity contribution < 1.29 is 14.9 Å². The van der Waals surface area contributed by atoms with E-state index in [1.807, 2.05) is 35.5 Å². The molecule has 25 heavy (non-hydrogen) atoms. The Morgan fingerprint density at radius 2 is 2.12 bits per heavy atom. The molecule has 5 nitrogen and oxygen atoms in total. The van der Waals surface area contributed by atoms with Crippen LogP contribution >= 0.6 is 11.3 Å². The molecule has 1 saturated carbocycles. The third kappa shape index (κ3) is 3.13. The Labute approximate surface area is 151 Å². The molecule has 0 bridgehead atoms. The van der Waals surface area contributed by atoms with Gasteiger partial charge in [-0.1, -0.05) is 30.3 Å². The van der Waals surface area contributed by atoms with Crippen LogP contribution in [0, 0.1) is 5.92 Å². The maximum absolute atomic E-state index is 11.4. The van der Waals surface area contributed by atoms with Gasteiger partial charge in [-0.2, -0.15) is 0 Å². The molecular weight excluding hydrogens is 336 g/mol. The molecule has 1 aliphatic heterocycles. The molecule has 1 aliphatic carbocycles. The van der Waals surface area contributed by atoms with Crippen molar-refractivity contribution in [1.82, 2.24) is 9.88 Å². The molecule has 0 amide bonds. The van der Waals surface area contributed by atoms with Gasteiger partial charge in [-0.15, -0.1) is 11.3 Å². The Bertz CT molecular complexity index is 696. The Morgan fingerprint density at radius 1 is 1.32 bits per heavy atom. The van der Waals surface area contributed by atoms with E-state index < -0.39 is 11.7 Å². The second-order valence-electron chi connectivity index (χ2n) is 7.22. The topological polar surface area (TPSA) is 65.8 Å². The summed E-state index contributed by atoms with van der Waals surface area (Å²) in [6.07, 6.45) is 2.56. The van der Waals surface area contributed by atoms with Crippen LogP contribution < -0.4 is 0 Å². The fourth-order valence-corrected chi connectivity index (χ4v) is 5.16. The number of hydrogen-bond acceptors (Lipinski definition) is 6. The highest BCUT2D eigenvalue weighted by atomic mass is 32.1. The van der Waals surface area contributed by atoms with Crippen molar-refractivity contribution in [2.24, 2.45) is 5.92 Å². The Hall–Kier alpha value is -1.31. The molecule has 6 heteroatoms. The van der Waals surface area contributed by atoms with Gasteiger partial charge >= 0.3 is 0 Å². The summed E-state index contributed by atoms with van der Waals surface area (Å²) in [6.45, 7) is 0.873. The molecule has 2 aliphatic rings. The van der Waals surface area contributed by atoms with Crippen LogP contribution in [0.2, 0.25) is 0 Å². The van der Waals surface area contributed by atoms with E-state index in [1.54, 1.807) is 17.5 Å². The quantitative estimate of drug-likeness (QED) is 0.875. The Balaban J connectivity index is 1.51. The largest absolute Gasteiger partial charge is 0.391 e. The van der Waals surface area contributed by atoms with Crippen LogP contribution in [0.15, 0.2) is 41.9 Å². The lowest BCUT2D eigenvalue weighted by atomic mass is 9.81. The van der Waals surface area contributed by atoms with E-state index in [2.05, 4.69) is 17.1 Å². The van der Waals surface area contributed by atoms with Crippen LogP contribution in [0.25, 0.3) is 0 Å². The van der Waals surface area contributed by atoms with Crippen molar-refractivity contribution in [3.63, 3.8) is 0 Å². The first-order valence-corrected chi connectivity index (χ1v) is 9.61. The molecule has 4 rings (SSSR count). The monoisotopic (exact) mass is 360 g/mol. The summed E-state index contributed by atoms with van der Waals surface area (Å²) in [4.78, 5) is 6.34. The van der Waals surface area contributed by atoms with Crippen molar-refractivity contribution >= 4 is 11.3 Å². The highest BCUT2D eigenvalue weighted by molar-refractivity contribution is 7.09. The van der Waals surface area contributed by atoms with Gasteiger partial charge in [-0.25, -0.2) is 4.98 Å². The first kappa shape index (κ1) is 17.1. The first-order valence-electron chi connectivity index (χ1n) is 8.73. The van der Waals surface area contributed by atoms with Crippen molar-refractivity contribution in [3.8, 4) is 0 Å². The first-order chi connectivity index (χ1) is 12.1. The number of thiazole rings is 1. The fraction of sp³-hybridized carbons (Fsp3) is 0.526. The van der Waals surface area contributed by atoms with Crippen LogP contribution in [0.4, 0.5) is 0 Å². The van der Waals surface area contributed by atoms with Gasteiger partial charge in [0.2, 0.25) is 0 Å². The molecule has 1 aromatic carbocycles. The van der Waals surface area contributed by atoms with Crippen molar-refractivity contribution in [2.45, 2.75) is 43.2 Å². The van der Waals surface area contributed by atoms with Crippen LogP contribution in [-0.4, -0.2) is 51.5 Å². The predicted octanol–water partition coefficient (Wildman–Crippen LogP) is 2.22. The average molecular weight is 360 g/mol.